The van der Waals surface area contributed by atoms with Crippen molar-refractivity contribution in [2.24, 2.45) is 5.41 Å². The highest BCUT2D eigenvalue weighted by molar-refractivity contribution is 6.04. The maximum atomic E-state index is 13.1. The highest BCUT2D eigenvalue weighted by atomic mass is 16.1. The molecule has 1 aliphatic carbocycles. The van der Waals surface area contributed by atoms with E-state index in [0.29, 0.717) is 35.6 Å². The molecule has 170 valence electrons. The first kappa shape index (κ1) is 21.8. The monoisotopic (exact) mass is 450 g/mol. The van der Waals surface area contributed by atoms with Gasteiger partial charge in [-0.15, -0.1) is 0 Å². The largest absolute Gasteiger partial charge is 0.348 e. The van der Waals surface area contributed by atoms with Gasteiger partial charge in [-0.1, -0.05) is 74.5 Å². The summed E-state index contributed by atoms with van der Waals surface area (Å²) >= 11 is 0. The molecule has 6 nitrogen and oxygen atoms in total. The second kappa shape index (κ2) is 8.71. The van der Waals surface area contributed by atoms with Crippen LogP contribution in [-0.4, -0.2) is 26.5 Å². The first-order valence-electron chi connectivity index (χ1n) is 11.4. The zero-order valence-electron chi connectivity index (χ0n) is 19.3. The first-order chi connectivity index (χ1) is 16.4. The Morgan fingerprint density at radius 1 is 0.971 bits per heavy atom. The smallest absolute Gasteiger partial charge is 0.253 e. The number of nitrogens with zero attached hydrogens (tertiary/aromatic N) is 3. The van der Waals surface area contributed by atoms with Crippen LogP contribution in [0.25, 0.3) is 17.1 Å². The maximum absolute atomic E-state index is 13.1. The zero-order chi connectivity index (χ0) is 23.7. The van der Waals surface area contributed by atoms with E-state index in [4.69, 9.17) is 5.10 Å². The number of fused-ring (bicyclic) bond motifs is 1. The highest BCUT2D eigenvalue weighted by Gasteiger charge is 2.37. The van der Waals surface area contributed by atoms with Gasteiger partial charge < -0.3 is 5.32 Å². The molecule has 1 aliphatic rings. The molecule has 6 heteroatoms. The summed E-state index contributed by atoms with van der Waals surface area (Å²) in [5.74, 6) is 0.503. The molecule has 0 fully saturated rings. The molecule has 0 atom stereocenters. The Morgan fingerprint density at radius 2 is 1.68 bits per heavy atom. The number of hydrogen-bond donors (Lipinski definition) is 1. The molecule has 5 rings (SSSR count). The van der Waals surface area contributed by atoms with E-state index >= 15 is 0 Å². The van der Waals surface area contributed by atoms with Gasteiger partial charge in [0.1, 0.15) is 5.69 Å². The van der Waals surface area contributed by atoms with Crippen LogP contribution in [0.2, 0.25) is 0 Å². The quantitative estimate of drug-likeness (QED) is 0.463. The van der Waals surface area contributed by atoms with Crippen LogP contribution in [0.15, 0.2) is 79.0 Å². The van der Waals surface area contributed by atoms with Gasteiger partial charge in [0.05, 0.1) is 16.8 Å². The third kappa shape index (κ3) is 4.27. The Kier molecular flexibility index (Phi) is 5.57. The van der Waals surface area contributed by atoms with Gasteiger partial charge in [-0.25, -0.2) is 9.67 Å². The molecule has 2 aromatic heterocycles. The van der Waals surface area contributed by atoms with Gasteiger partial charge in [-0.2, -0.15) is 5.10 Å². The lowest BCUT2D eigenvalue weighted by molar-refractivity contribution is 0.0910. The SMILES string of the molecule is CC1(C)CC(=O)c2c(-c3ccccc3)nn(-c3ccc(C(=O)NCc4ccccc4)cn3)c2C1. The summed E-state index contributed by atoms with van der Waals surface area (Å²) in [5.41, 5.74) is 4.48. The van der Waals surface area contributed by atoms with Crippen LogP contribution < -0.4 is 5.32 Å². The first-order valence-corrected chi connectivity index (χ1v) is 11.4. The number of pyridine rings is 1. The lowest BCUT2D eigenvalue weighted by Gasteiger charge is -2.29. The fourth-order valence-electron chi connectivity index (χ4n) is 4.46. The van der Waals surface area contributed by atoms with E-state index in [-0.39, 0.29) is 17.1 Å². The Bertz CT molecular complexity index is 1340. The molecule has 1 amide bonds. The summed E-state index contributed by atoms with van der Waals surface area (Å²) in [6.07, 6.45) is 2.76. The van der Waals surface area contributed by atoms with Crippen molar-refractivity contribution in [1.82, 2.24) is 20.1 Å². The molecule has 0 bridgehead atoms. The molecule has 0 unspecified atom stereocenters. The van der Waals surface area contributed by atoms with Crippen LogP contribution in [-0.2, 0) is 13.0 Å². The lowest BCUT2D eigenvalue weighted by atomic mass is 9.75. The number of carbonyl (C=O) groups excluding carboxylic acids is 2. The number of hydrogen-bond acceptors (Lipinski definition) is 4. The summed E-state index contributed by atoms with van der Waals surface area (Å²) < 4.78 is 1.77. The number of amides is 1. The summed E-state index contributed by atoms with van der Waals surface area (Å²) in [5, 5.41) is 7.75. The maximum Gasteiger partial charge on any atom is 0.253 e. The summed E-state index contributed by atoms with van der Waals surface area (Å²) in [6, 6.07) is 23.1. The second-order valence-electron chi connectivity index (χ2n) is 9.46. The topological polar surface area (TPSA) is 76.9 Å². The number of rotatable bonds is 5. The molecular weight excluding hydrogens is 424 g/mol. The fraction of sp³-hybridized carbons (Fsp3) is 0.214. The average molecular weight is 451 g/mol. The molecule has 4 aromatic rings. The molecule has 2 heterocycles. The van der Waals surface area contributed by atoms with Gasteiger partial charge in [-0.05, 0) is 29.5 Å². The minimum absolute atomic E-state index is 0.105. The highest BCUT2D eigenvalue weighted by Crippen LogP contribution is 2.39. The third-order valence-electron chi connectivity index (χ3n) is 6.12. The summed E-state index contributed by atoms with van der Waals surface area (Å²) in [6.45, 7) is 4.65. The van der Waals surface area contributed by atoms with Gasteiger partial charge in [0.15, 0.2) is 11.6 Å². The lowest BCUT2D eigenvalue weighted by Crippen LogP contribution is -2.28. The molecule has 0 saturated heterocycles. The van der Waals surface area contributed by atoms with Crippen molar-refractivity contribution in [2.45, 2.75) is 33.2 Å². The van der Waals surface area contributed by atoms with E-state index < -0.39 is 0 Å². The molecule has 1 N–H and O–H groups in total. The Morgan fingerprint density at radius 3 is 2.35 bits per heavy atom. The minimum atomic E-state index is -0.188. The van der Waals surface area contributed by atoms with Crippen LogP contribution >= 0.6 is 0 Å². The van der Waals surface area contributed by atoms with Crippen molar-refractivity contribution in [2.75, 3.05) is 0 Å². The van der Waals surface area contributed by atoms with E-state index in [9.17, 15) is 9.59 Å². The summed E-state index contributed by atoms with van der Waals surface area (Å²) in [4.78, 5) is 30.3. The van der Waals surface area contributed by atoms with Crippen LogP contribution in [0.3, 0.4) is 0 Å². The van der Waals surface area contributed by atoms with E-state index in [1.54, 1.807) is 23.0 Å². The number of nitrogens with one attached hydrogen (secondary N) is 1. The van der Waals surface area contributed by atoms with Crippen LogP contribution in [0.4, 0.5) is 0 Å². The van der Waals surface area contributed by atoms with Gasteiger partial charge in [-0.3, -0.25) is 9.59 Å². The van der Waals surface area contributed by atoms with E-state index in [1.165, 1.54) is 0 Å². The van der Waals surface area contributed by atoms with Crippen molar-refractivity contribution in [3.8, 4) is 17.1 Å². The minimum Gasteiger partial charge on any atom is -0.348 e. The van der Waals surface area contributed by atoms with Gasteiger partial charge in [0.25, 0.3) is 5.91 Å². The molecular formula is C28H26N4O2. The van der Waals surface area contributed by atoms with Crippen LogP contribution in [0.1, 0.15) is 52.2 Å². The zero-order valence-corrected chi connectivity index (χ0v) is 19.3. The molecule has 0 spiro atoms. The van der Waals surface area contributed by atoms with Crippen molar-refractivity contribution >= 4 is 11.7 Å². The average Bonchev–Trinajstić information content (AvgIpc) is 3.22. The van der Waals surface area contributed by atoms with E-state index in [2.05, 4.69) is 24.1 Å². The van der Waals surface area contributed by atoms with E-state index in [0.717, 1.165) is 23.2 Å². The molecule has 0 saturated carbocycles. The van der Waals surface area contributed by atoms with E-state index in [1.807, 2.05) is 60.7 Å². The number of benzene rings is 2. The molecule has 2 aromatic carbocycles. The summed E-state index contributed by atoms with van der Waals surface area (Å²) in [7, 11) is 0. The predicted octanol–water partition coefficient (Wildman–Crippen LogP) is 5.02. The fourth-order valence-corrected chi connectivity index (χ4v) is 4.46. The molecule has 0 aliphatic heterocycles. The number of aromatic nitrogens is 3. The van der Waals surface area contributed by atoms with Gasteiger partial charge in [0, 0.05) is 24.7 Å². The van der Waals surface area contributed by atoms with Crippen molar-refractivity contribution < 1.29 is 9.59 Å². The number of carbonyl (C=O) groups is 2. The predicted molar refractivity (Wildman–Crippen MR) is 131 cm³/mol. The Balaban J connectivity index is 1.47. The van der Waals surface area contributed by atoms with Crippen LogP contribution in [0.5, 0.6) is 0 Å². The van der Waals surface area contributed by atoms with Gasteiger partial charge in [0.2, 0.25) is 0 Å². The number of ketones is 1. The number of Topliss-reactive ketones (excluding diaryl/α,β-unsaturated/α-hetero) is 1. The normalized spacial score (nSPS) is 14.5. The molecule has 34 heavy (non-hydrogen) atoms. The third-order valence-corrected chi connectivity index (χ3v) is 6.12. The second-order valence-corrected chi connectivity index (χ2v) is 9.46. The van der Waals surface area contributed by atoms with Crippen molar-refractivity contribution in [1.29, 1.82) is 0 Å². The van der Waals surface area contributed by atoms with Crippen LogP contribution in [0, 0.1) is 5.41 Å². The Labute approximate surface area is 198 Å². The molecule has 0 radical (unpaired) electrons. The van der Waals surface area contributed by atoms with Crippen molar-refractivity contribution in [3.63, 3.8) is 0 Å². The Hall–Kier alpha value is -4.06. The van der Waals surface area contributed by atoms with Crippen molar-refractivity contribution in [3.05, 3.63) is 101 Å². The van der Waals surface area contributed by atoms with Gasteiger partial charge >= 0.3 is 0 Å². The standard InChI is InChI=1S/C28H26N4O2/c1-28(2)15-22-25(23(33)16-28)26(20-11-7-4-8-12-20)31-32(22)24-14-13-21(18-29-24)27(34)30-17-19-9-5-3-6-10-19/h3-14,18H,15-17H2,1-2H3,(H,30,34).